The van der Waals surface area contributed by atoms with Crippen LogP contribution < -0.4 is 18.5 Å². The number of carboxylic acid groups (broad SMARTS) is 1. The molecular weight excluding hydrogens is 570 g/mol. The summed E-state index contributed by atoms with van der Waals surface area (Å²) in [5.74, 6) is 0.923. The molecule has 1 aliphatic heterocycles. The number of carboxylic acids is 1. The second-order valence-corrected chi connectivity index (χ2v) is 13.4. The third-order valence-corrected chi connectivity index (χ3v) is 10.3. The van der Waals surface area contributed by atoms with E-state index in [0.29, 0.717) is 31.9 Å². The van der Waals surface area contributed by atoms with Crippen molar-refractivity contribution in [1.82, 2.24) is 9.44 Å². The van der Waals surface area contributed by atoms with Crippen LogP contribution in [0.3, 0.4) is 0 Å². The lowest BCUT2D eigenvalue weighted by molar-refractivity contribution is -0.137. The van der Waals surface area contributed by atoms with E-state index in [-0.39, 0.29) is 28.1 Å². The number of terminal acetylenes is 1. The number of anilines is 1. The number of nitrogens with one attached hydrogen (secondary N) is 2. The number of nitrogens with zero attached hydrogens (tertiary/aromatic N) is 1. The summed E-state index contributed by atoms with van der Waals surface area (Å²) in [6, 6.07) is 9.52. The van der Waals surface area contributed by atoms with Crippen molar-refractivity contribution in [3.05, 3.63) is 64.7 Å². The molecule has 216 valence electrons. The van der Waals surface area contributed by atoms with Crippen molar-refractivity contribution in [1.29, 1.82) is 0 Å². The Bertz CT molecular complexity index is 1830. The van der Waals surface area contributed by atoms with Gasteiger partial charge in [0.1, 0.15) is 12.3 Å². The summed E-state index contributed by atoms with van der Waals surface area (Å²) in [6.07, 6.45) is 5.55. The number of benzene rings is 3. The third kappa shape index (κ3) is 5.91. The quantitative estimate of drug-likeness (QED) is 0.191. The monoisotopic (exact) mass is 599 g/mol. The number of hydrogen-bond acceptors (Lipinski definition) is 8. The number of hydrogen-bond donors (Lipinski definition) is 3. The summed E-state index contributed by atoms with van der Waals surface area (Å²) < 4.78 is 62.2. The number of rotatable bonds is 9. The molecule has 0 aromatic heterocycles. The molecule has 11 nitrogen and oxygen atoms in total. The van der Waals surface area contributed by atoms with Crippen molar-refractivity contribution >= 4 is 48.6 Å². The number of esters is 1. The van der Waals surface area contributed by atoms with Gasteiger partial charge in [-0.3, -0.25) is 10.1 Å². The van der Waals surface area contributed by atoms with E-state index in [4.69, 9.17) is 16.3 Å². The highest BCUT2D eigenvalue weighted by Crippen LogP contribution is 2.39. The first-order chi connectivity index (χ1) is 19.2. The van der Waals surface area contributed by atoms with Gasteiger partial charge in [0.25, 0.3) is 10.0 Å². The molecule has 13 heteroatoms. The van der Waals surface area contributed by atoms with E-state index < -0.39 is 50.8 Å². The van der Waals surface area contributed by atoms with Gasteiger partial charge in [0.2, 0.25) is 0 Å². The van der Waals surface area contributed by atoms with Crippen molar-refractivity contribution in [2.75, 3.05) is 10.8 Å². The van der Waals surface area contributed by atoms with Gasteiger partial charge in [0.05, 0.1) is 23.0 Å². The van der Waals surface area contributed by atoms with Gasteiger partial charge in [-0.05, 0) is 55.8 Å². The first-order valence-corrected chi connectivity index (χ1v) is 15.4. The van der Waals surface area contributed by atoms with Crippen LogP contribution in [-0.2, 0) is 29.8 Å². The standard InChI is InChI=1S/C28H29N3O8S2/c1-6-23(29-18(4)14-25(32)33)21-11-12-24(22-10-8-7-9-20(21)22)40(35,36)30-41(37,38)31-15-26(34)39-28-17(3)13-16(2)27(31)19(28)5/h1,7-13,18,23,29-30H,14-15H2,2-5H3,(H,32,33)/t18-,23-/m0/s1. The Morgan fingerprint density at radius 1 is 1.10 bits per heavy atom. The fourth-order valence-corrected chi connectivity index (χ4v) is 8.43. The number of fused-ring (bicyclic) bond motifs is 3. The van der Waals surface area contributed by atoms with Gasteiger partial charge < -0.3 is 9.84 Å². The first-order valence-electron chi connectivity index (χ1n) is 12.5. The van der Waals surface area contributed by atoms with Gasteiger partial charge in [-0.2, -0.15) is 8.42 Å². The highest BCUT2D eigenvalue weighted by molar-refractivity contribution is 8.05. The zero-order valence-corrected chi connectivity index (χ0v) is 24.4. The lowest BCUT2D eigenvalue weighted by Gasteiger charge is -2.25. The van der Waals surface area contributed by atoms with Gasteiger partial charge in [-0.25, -0.2) is 17.5 Å². The fraction of sp³-hybridized carbons (Fsp3) is 0.286. The molecular formula is C28H29N3O8S2. The highest BCUT2D eigenvalue weighted by Gasteiger charge is 2.37. The zero-order valence-electron chi connectivity index (χ0n) is 22.8. The molecule has 3 aromatic carbocycles. The molecule has 0 amide bonds. The van der Waals surface area contributed by atoms with E-state index in [1.54, 1.807) is 56.1 Å². The van der Waals surface area contributed by atoms with E-state index in [1.165, 1.54) is 18.2 Å². The maximum Gasteiger partial charge on any atom is 0.332 e. The van der Waals surface area contributed by atoms with Crippen molar-refractivity contribution in [2.24, 2.45) is 0 Å². The van der Waals surface area contributed by atoms with Crippen LogP contribution >= 0.6 is 0 Å². The van der Waals surface area contributed by atoms with Crippen LogP contribution in [-0.4, -0.2) is 46.5 Å². The summed E-state index contributed by atoms with van der Waals surface area (Å²) in [7, 11) is -9.55. The molecule has 3 aromatic rings. The molecule has 41 heavy (non-hydrogen) atoms. The van der Waals surface area contributed by atoms with Crippen LogP contribution in [0.5, 0.6) is 5.75 Å². The van der Waals surface area contributed by atoms with Crippen molar-refractivity contribution in [2.45, 2.75) is 51.1 Å². The molecule has 1 heterocycles. The Morgan fingerprint density at radius 2 is 1.76 bits per heavy atom. The van der Waals surface area contributed by atoms with Gasteiger partial charge in [0, 0.05) is 17.0 Å². The van der Waals surface area contributed by atoms with Crippen LogP contribution in [0.4, 0.5) is 5.69 Å². The molecule has 0 unspecified atom stereocenters. The Balaban J connectivity index is 1.76. The fourth-order valence-electron chi connectivity index (χ4n) is 5.09. The zero-order chi connectivity index (χ0) is 30.3. The normalized spacial score (nSPS) is 15.1. The highest BCUT2D eigenvalue weighted by atomic mass is 32.3. The predicted molar refractivity (Wildman–Crippen MR) is 153 cm³/mol. The topological polar surface area (TPSA) is 159 Å². The van der Waals surface area contributed by atoms with Crippen LogP contribution in [0.25, 0.3) is 10.8 Å². The van der Waals surface area contributed by atoms with E-state index in [0.717, 1.165) is 0 Å². The maximum absolute atomic E-state index is 13.6. The van der Waals surface area contributed by atoms with Crippen LogP contribution in [0.15, 0.2) is 47.4 Å². The van der Waals surface area contributed by atoms with Gasteiger partial charge in [-0.15, -0.1) is 6.42 Å². The van der Waals surface area contributed by atoms with E-state index in [1.807, 2.05) is 0 Å². The van der Waals surface area contributed by atoms with E-state index >= 15 is 0 Å². The minimum absolute atomic E-state index is 0.151. The second-order valence-electron chi connectivity index (χ2n) is 9.85. The average molecular weight is 600 g/mol. The Kier molecular flexibility index (Phi) is 8.15. The lowest BCUT2D eigenvalue weighted by atomic mass is 9.98. The maximum atomic E-state index is 13.6. The molecule has 0 spiro atoms. The predicted octanol–water partition coefficient (Wildman–Crippen LogP) is 2.84. The molecule has 3 N–H and O–H groups in total. The van der Waals surface area contributed by atoms with Crippen LogP contribution in [0, 0.1) is 33.1 Å². The molecule has 0 fully saturated rings. The third-order valence-electron chi connectivity index (χ3n) is 6.72. The van der Waals surface area contributed by atoms with E-state index in [2.05, 4.69) is 11.2 Å². The van der Waals surface area contributed by atoms with Crippen LogP contribution in [0.1, 0.15) is 41.6 Å². The van der Waals surface area contributed by atoms with Crippen molar-refractivity contribution in [3.63, 3.8) is 0 Å². The molecule has 0 saturated heterocycles. The van der Waals surface area contributed by atoms with Crippen molar-refractivity contribution in [3.8, 4) is 18.1 Å². The summed E-state index contributed by atoms with van der Waals surface area (Å²) >= 11 is 0. The first kappa shape index (κ1) is 30.0. The van der Waals surface area contributed by atoms with Gasteiger partial charge in [0.15, 0.2) is 0 Å². The molecule has 0 radical (unpaired) electrons. The SMILES string of the molecule is C#C[C@H](N[C@@H](C)CC(=O)O)c1ccc(S(=O)(=O)NS(=O)(=O)N2CC(=O)Oc3c(C)cc(C)c2c3C)c2ccccc12. The molecule has 4 rings (SSSR count). The summed E-state index contributed by atoms with van der Waals surface area (Å²) in [4.78, 5) is 23.3. The molecule has 0 saturated carbocycles. The Hall–Kier alpha value is -3.96. The number of sulfonamides is 1. The minimum Gasteiger partial charge on any atom is -0.481 e. The number of aryl methyl sites for hydroxylation is 2. The van der Waals surface area contributed by atoms with Gasteiger partial charge >= 0.3 is 22.1 Å². The lowest BCUT2D eigenvalue weighted by Crippen LogP contribution is -2.46. The Labute approximate surface area is 238 Å². The number of carbonyl (C=O) groups is 2. The number of ether oxygens (including phenoxy) is 1. The van der Waals surface area contributed by atoms with Crippen molar-refractivity contribution < 1.29 is 36.3 Å². The summed E-state index contributed by atoms with van der Waals surface area (Å²) in [5, 5.41) is 12.8. The number of carbonyl (C=O) groups excluding carboxylic acids is 1. The number of aliphatic carboxylic acids is 1. The van der Waals surface area contributed by atoms with E-state index in [9.17, 15) is 26.4 Å². The summed E-state index contributed by atoms with van der Waals surface area (Å²) in [6.45, 7) is 5.91. The van der Waals surface area contributed by atoms with Gasteiger partial charge in [-0.1, -0.05) is 46.4 Å². The van der Waals surface area contributed by atoms with Crippen LogP contribution in [0.2, 0.25) is 0 Å². The molecule has 1 aliphatic rings. The second kappa shape index (κ2) is 11.1. The minimum atomic E-state index is -4.83. The Morgan fingerprint density at radius 3 is 2.39 bits per heavy atom. The smallest absolute Gasteiger partial charge is 0.332 e. The molecule has 2 atom stereocenters. The average Bonchev–Trinajstić information content (AvgIpc) is 2.98. The molecule has 2 bridgehead atoms. The summed E-state index contributed by atoms with van der Waals surface area (Å²) in [5.41, 5.74) is 2.20. The molecule has 0 aliphatic carbocycles. The largest absolute Gasteiger partial charge is 0.481 e.